The average molecular weight is 510 g/mol. The Bertz CT molecular complexity index is 1180. The first kappa shape index (κ1) is 23.3. The number of nitrogens with zero attached hydrogens (tertiary/aromatic N) is 3. The number of ether oxygens (including phenoxy) is 2. The smallest absolute Gasteiger partial charge is 0.488 e. The van der Waals surface area contributed by atoms with E-state index < -0.39 is 7.12 Å². The highest BCUT2D eigenvalue weighted by Gasteiger charge is 2.13. The van der Waals surface area contributed by atoms with E-state index in [4.69, 9.17) is 19.5 Å². The number of methoxy groups -OCH3 is 1. The Labute approximate surface area is 201 Å². The fourth-order valence-corrected chi connectivity index (χ4v) is 3.96. The van der Waals surface area contributed by atoms with E-state index in [1.807, 2.05) is 54.9 Å². The van der Waals surface area contributed by atoms with Gasteiger partial charge in [0.15, 0.2) is 0 Å². The first-order chi connectivity index (χ1) is 16.0. The van der Waals surface area contributed by atoms with Crippen molar-refractivity contribution in [1.29, 1.82) is 0 Å². The first-order valence-electron chi connectivity index (χ1n) is 10.6. The van der Waals surface area contributed by atoms with E-state index in [2.05, 4.69) is 36.4 Å². The van der Waals surface area contributed by atoms with Crippen LogP contribution >= 0.6 is 15.9 Å². The molecule has 7 nitrogen and oxygen atoms in total. The van der Waals surface area contributed by atoms with Gasteiger partial charge in [-0.2, -0.15) is 0 Å². The van der Waals surface area contributed by atoms with Gasteiger partial charge in [0, 0.05) is 28.9 Å². The maximum absolute atomic E-state index is 8.95. The Balaban J connectivity index is 0.000000160. The van der Waals surface area contributed by atoms with E-state index in [0.29, 0.717) is 5.46 Å². The molecule has 5 rings (SSSR count). The minimum atomic E-state index is -1.39. The number of imidazole rings is 1. The summed E-state index contributed by atoms with van der Waals surface area (Å²) in [5.74, 6) is 0.851. The van der Waals surface area contributed by atoms with Gasteiger partial charge in [0.1, 0.15) is 12.1 Å². The molecule has 3 aromatic carbocycles. The van der Waals surface area contributed by atoms with Crippen molar-refractivity contribution in [3.8, 4) is 11.4 Å². The number of morpholine rings is 1. The van der Waals surface area contributed by atoms with Crippen molar-refractivity contribution < 1.29 is 19.5 Å². The van der Waals surface area contributed by atoms with Crippen LogP contribution in [0.2, 0.25) is 0 Å². The van der Waals surface area contributed by atoms with Crippen LogP contribution in [0.5, 0.6) is 5.75 Å². The van der Waals surface area contributed by atoms with Crippen LogP contribution in [0.15, 0.2) is 77.5 Å². The zero-order chi connectivity index (χ0) is 23.2. The molecule has 0 spiro atoms. The molecular weight excluding hydrogens is 485 g/mol. The molecule has 33 heavy (non-hydrogen) atoms. The van der Waals surface area contributed by atoms with Crippen molar-refractivity contribution in [3.05, 3.63) is 77.5 Å². The van der Waals surface area contributed by atoms with E-state index in [1.54, 1.807) is 19.2 Å². The lowest BCUT2D eigenvalue weighted by atomic mass is 9.80. The summed E-state index contributed by atoms with van der Waals surface area (Å²) in [6.07, 6.45) is 1.83. The summed E-state index contributed by atoms with van der Waals surface area (Å²) in [6.45, 7) is 3.29. The molecule has 170 valence electrons. The van der Waals surface area contributed by atoms with Crippen LogP contribution in [0.1, 0.15) is 0 Å². The molecule has 2 N–H and O–H groups in total. The zero-order valence-corrected chi connectivity index (χ0v) is 19.9. The topological polar surface area (TPSA) is 80.0 Å². The maximum atomic E-state index is 8.95. The molecular formula is C24H25BBrN3O4. The van der Waals surface area contributed by atoms with Gasteiger partial charge in [-0.15, -0.1) is 0 Å². The van der Waals surface area contributed by atoms with Gasteiger partial charge in [0.2, 0.25) is 0 Å². The molecule has 4 aromatic rings. The Morgan fingerprint density at radius 1 is 0.939 bits per heavy atom. The van der Waals surface area contributed by atoms with Crippen LogP contribution in [0.4, 0.5) is 5.69 Å². The van der Waals surface area contributed by atoms with E-state index in [-0.39, 0.29) is 0 Å². The van der Waals surface area contributed by atoms with Gasteiger partial charge in [0.05, 0.1) is 31.4 Å². The highest BCUT2D eigenvalue weighted by molar-refractivity contribution is 9.10. The van der Waals surface area contributed by atoms with Crippen LogP contribution < -0.4 is 15.1 Å². The molecule has 9 heteroatoms. The molecule has 0 atom stereocenters. The lowest BCUT2D eigenvalue weighted by Crippen LogP contribution is -2.36. The molecule has 1 aromatic heterocycles. The molecule has 0 saturated carbocycles. The van der Waals surface area contributed by atoms with Crippen LogP contribution in [-0.2, 0) is 4.74 Å². The van der Waals surface area contributed by atoms with E-state index in [9.17, 15) is 0 Å². The highest BCUT2D eigenvalue weighted by atomic mass is 79.9. The van der Waals surface area contributed by atoms with Gasteiger partial charge in [-0.3, -0.25) is 4.57 Å². The van der Waals surface area contributed by atoms with Gasteiger partial charge >= 0.3 is 7.12 Å². The molecule has 0 radical (unpaired) electrons. The largest absolute Gasteiger partial charge is 0.497 e. The number of hydrogen-bond donors (Lipinski definition) is 2. The van der Waals surface area contributed by atoms with Gasteiger partial charge < -0.3 is 24.4 Å². The van der Waals surface area contributed by atoms with Gasteiger partial charge in [-0.1, -0.05) is 28.1 Å². The molecule has 0 aliphatic carbocycles. The normalized spacial score (nSPS) is 13.4. The van der Waals surface area contributed by atoms with Gasteiger partial charge in [-0.05, 0) is 60.1 Å². The van der Waals surface area contributed by atoms with E-state index in [1.165, 1.54) is 0 Å². The Morgan fingerprint density at radius 3 is 2.24 bits per heavy atom. The predicted octanol–water partition coefficient (Wildman–Crippen LogP) is 3.00. The second-order valence-electron chi connectivity index (χ2n) is 7.51. The minimum Gasteiger partial charge on any atom is -0.497 e. The summed E-state index contributed by atoms with van der Waals surface area (Å²) >= 11 is 3.49. The van der Waals surface area contributed by atoms with Crippen LogP contribution in [-0.4, -0.2) is 60.1 Å². The molecule has 1 aliphatic rings. The van der Waals surface area contributed by atoms with Crippen molar-refractivity contribution >= 4 is 45.2 Å². The standard InChI is InChI=1S/C14H11BrN2O.C10H14BNO3/c1-18-12-5-3-11(4-6-12)17-9-16-13-7-2-10(15)8-14(13)17;13-11(14)9-1-3-10(4-2-9)12-5-7-15-8-6-12/h2-9H,1H3;1-4,13-14H,5-8H2. The molecule has 1 aliphatic heterocycles. The lowest BCUT2D eigenvalue weighted by Gasteiger charge is -2.28. The number of hydrogen-bond acceptors (Lipinski definition) is 6. The van der Waals surface area contributed by atoms with Crippen molar-refractivity contribution in [2.45, 2.75) is 0 Å². The molecule has 1 saturated heterocycles. The number of benzene rings is 3. The lowest BCUT2D eigenvalue weighted by molar-refractivity contribution is 0.122. The minimum absolute atomic E-state index is 0.520. The van der Waals surface area contributed by atoms with Crippen LogP contribution in [0, 0.1) is 0 Å². The number of fused-ring (bicyclic) bond motifs is 1. The van der Waals surface area contributed by atoms with Crippen LogP contribution in [0.25, 0.3) is 16.7 Å². The van der Waals surface area contributed by atoms with Gasteiger partial charge in [0.25, 0.3) is 0 Å². The molecule has 0 amide bonds. The Morgan fingerprint density at radius 2 is 1.61 bits per heavy atom. The fraction of sp³-hybridized carbons (Fsp3) is 0.208. The predicted molar refractivity (Wildman–Crippen MR) is 135 cm³/mol. The van der Waals surface area contributed by atoms with E-state index in [0.717, 1.165) is 58.9 Å². The number of anilines is 1. The monoisotopic (exact) mass is 509 g/mol. The Kier molecular flexibility index (Phi) is 7.67. The third kappa shape index (κ3) is 5.75. The van der Waals surface area contributed by atoms with Crippen molar-refractivity contribution in [3.63, 3.8) is 0 Å². The molecule has 0 unspecified atom stereocenters. The van der Waals surface area contributed by atoms with E-state index >= 15 is 0 Å². The number of aromatic nitrogens is 2. The maximum Gasteiger partial charge on any atom is 0.488 e. The third-order valence-corrected chi connectivity index (χ3v) is 5.92. The summed E-state index contributed by atoms with van der Waals surface area (Å²) in [5.41, 5.74) is 4.75. The van der Waals surface area contributed by atoms with Crippen molar-refractivity contribution in [2.24, 2.45) is 0 Å². The summed E-state index contributed by atoms with van der Waals surface area (Å²) in [7, 11) is 0.280. The summed E-state index contributed by atoms with van der Waals surface area (Å²) in [4.78, 5) is 6.61. The fourth-order valence-electron chi connectivity index (χ4n) is 3.61. The molecule has 0 bridgehead atoms. The number of rotatable bonds is 4. The summed E-state index contributed by atoms with van der Waals surface area (Å²) < 4.78 is 13.5. The Hall–Kier alpha value is -2.85. The average Bonchev–Trinajstić information content (AvgIpc) is 3.28. The summed E-state index contributed by atoms with van der Waals surface area (Å²) in [6, 6.07) is 21.2. The second kappa shape index (κ2) is 10.8. The SMILES string of the molecule is COc1ccc(-n2cnc3ccc(Br)cc32)cc1.OB(O)c1ccc(N2CCOCC2)cc1. The molecule has 1 fully saturated rings. The van der Waals surface area contributed by atoms with Crippen molar-refractivity contribution in [2.75, 3.05) is 38.3 Å². The van der Waals surface area contributed by atoms with Crippen LogP contribution in [0.3, 0.4) is 0 Å². The third-order valence-electron chi connectivity index (χ3n) is 5.43. The zero-order valence-electron chi connectivity index (χ0n) is 18.3. The first-order valence-corrected chi connectivity index (χ1v) is 11.4. The van der Waals surface area contributed by atoms with Gasteiger partial charge in [-0.25, -0.2) is 4.98 Å². The molecule has 2 heterocycles. The number of halogens is 1. The van der Waals surface area contributed by atoms with Crippen molar-refractivity contribution in [1.82, 2.24) is 9.55 Å². The summed E-state index contributed by atoms with van der Waals surface area (Å²) in [5, 5.41) is 17.9. The quantitative estimate of drug-likeness (QED) is 0.412. The highest BCUT2D eigenvalue weighted by Crippen LogP contribution is 2.23. The second-order valence-corrected chi connectivity index (χ2v) is 8.43.